The average molecular weight is 292 g/mol. The summed E-state index contributed by atoms with van der Waals surface area (Å²) in [6.07, 6.45) is 1.90. The topological polar surface area (TPSA) is 41.1 Å². The minimum Gasteiger partial charge on any atom is -0.345 e. The number of carbonyl (C=O) groups is 1. The third-order valence-electron chi connectivity index (χ3n) is 2.13. The molecule has 0 saturated carbocycles. The first-order chi connectivity index (χ1) is 6.34. The van der Waals surface area contributed by atoms with Gasteiger partial charge in [0.05, 0.1) is 6.54 Å². The third kappa shape index (κ3) is 3.96. The second-order valence-electron chi connectivity index (χ2n) is 3.01. The zero-order valence-corrected chi connectivity index (χ0v) is 9.56. The molecule has 1 rings (SSSR count). The van der Waals surface area contributed by atoms with Crippen molar-refractivity contribution in [3.8, 4) is 9.85 Å². The molecule has 3 nitrogen and oxygen atoms in total. The number of nitrogens with one attached hydrogen (secondary N) is 2. The maximum absolute atomic E-state index is 11.5. The van der Waals surface area contributed by atoms with E-state index >= 15 is 0 Å². The van der Waals surface area contributed by atoms with Gasteiger partial charge in [-0.25, -0.2) is 0 Å². The van der Waals surface area contributed by atoms with Crippen LogP contribution in [0.15, 0.2) is 0 Å². The lowest BCUT2D eigenvalue weighted by molar-refractivity contribution is -0.125. The summed E-state index contributed by atoms with van der Waals surface area (Å²) >= 11 is 1.97. The predicted octanol–water partition coefficient (Wildman–Crippen LogP) is 0.498. The van der Waals surface area contributed by atoms with Gasteiger partial charge >= 0.3 is 0 Å². The second-order valence-corrected chi connectivity index (χ2v) is 3.55. The van der Waals surface area contributed by atoms with Crippen molar-refractivity contribution in [1.29, 1.82) is 0 Å². The van der Waals surface area contributed by atoms with Gasteiger partial charge in [-0.3, -0.25) is 4.79 Å². The molecule has 0 unspecified atom stereocenters. The van der Waals surface area contributed by atoms with Gasteiger partial charge in [0.25, 0.3) is 0 Å². The molecule has 2 N–H and O–H groups in total. The van der Waals surface area contributed by atoms with Crippen LogP contribution in [-0.2, 0) is 4.79 Å². The minimum atomic E-state index is 0.153. The molecule has 0 aromatic heterocycles. The maximum Gasteiger partial charge on any atom is 0.223 e. The average Bonchev–Trinajstić information content (AvgIpc) is 2.19. The standard InChI is InChI=1S/C9H13IN2O/c10-4-1-5-12-9(13)8-2-6-11-7-3-8/h8,11H,2-3,5-7H2,(H,12,13). The fraction of sp³-hybridized carbons (Fsp3) is 0.667. The van der Waals surface area contributed by atoms with Gasteiger partial charge in [-0.2, -0.15) is 0 Å². The van der Waals surface area contributed by atoms with E-state index in [-0.39, 0.29) is 11.8 Å². The number of carbonyl (C=O) groups excluding carboxylic acids is 1. The van der Waals surface area contributed by atoms with Crippen LogP contribution in [0.1, 0.15) is 12.8 Å². The summed E-state index contributed by atoms with van der Waals surface area (Å²) in [4.78, 5) is 11.5. The van der Waals surface area contributed by atoms with E-state index in [4.69, 9.17) is 0 Å². The van der Waals surface area contributed by atoms with Crippen molar-refractivity contribution in [3.63, 3.8) is 0 Å². The van der Waals surface area contributed by atoms with Gasteiger partial charge in [0, 0.05) is 28.5 Å². The van der Waals surface area contributed by atoms with Crippen LogP contribution in [0.4, 0.5) is 0 Å². The number of amides is 1. The Morgan fingerprint density at radius 3 is 2.85 bits per heavy atom. The zero-order valence-electron chi connectivity index (χ0n) is 7.40. The van der Waals surface area contributed by atoms with Crippen LogP contribution in [-0.4, -0.2) is 25.5 Å². The summed E-state index contributed by atoms with van der Waals surface area (Å²) in [5.41, 5.74) is 0. The first kappa shape index (κ1) is 10.8. The molecule has 0 aromatic carbocycles. The van der Waals surface area contributed by atoms with Crippen LogP contribution in [0.5, 0.6) is 0 Å². The van der Waals surface area contributed by atoms with Gasteiger partial charge in [0.2, 0.25) is 5.91 Å². The van der Waals surface area contributed by atoms with Gasteiger partial charge in [0.1, 0.15) is 0 Å². The molecular weight excluding hydrogens is 279 g/mol. The maximum atomic E-state index is 11.5. The Morgan fingerprint density at radius 2 is 2.23 bits per heavy atom. The molecule has 1 saturated heterocycles. The van der Waals surface area contributed by atoms with E-state index in [2.05, 4.69) is 20.5 Å². The number of halogens is 1. The Bertz CT molecular complexity index is 226. The van der Waals surface area contributed by atoms with Gasteiger partial charge in [-0.1, -0.05) is 5.92 Å². The molecule has 1 aliphatic rings. The van der Waals surface area contributed by atoms with E-state index in [0.29, 0.717) is 6.54 Å². The Balaban J connectivity index is 2.23. The molecule has 0 atom stereocenters. The number of hydrogen-bond acceptors (Lipinski definition) is 2. The van der Waals surface area contributed by atoms with Crippen molar-refractivity contribution in [2.24, 2.45) is 5.92 Å². The highest BCUT2D eigenvalue weighted by molar-refractivity contribution is 14.1. The van der Waals surface area contributed by atoms with Crippen molar-refractivity contribution in [2.45, 2.75) is 12.8 Å². The molecule has 0 bridgehead atoms. The quantitative estimate of drug-likeness (QED) is 0.575. The summed E-state index contributed by atoms with van der Waals surface area (Å²) in [6.45, 7) is 2.39. The summed E-state index contributed by atoms with van der Waals surface area (Å²) < 4.78 is 2.72. The highest BCUT2D eigenvalue weighted by Gasteiger charge is 2.19. The summed E-state index contributed by atoms with van der Waals surface area (Å²) in [5.74, 6) is 3.15. The Labute approximate surface area is 92.2 Å². The van der Waals surface area contributed by atoms with Crippen molar-refractivity contribution in [1.82, 2.24) is 10.6 Å². The lowest BCUT2D eigenvalue weighted by Crippen LogP contribution is -2.38. The largest absolute Gasteiger partial charge is 0.345 e. The van der Waals surface area contributed by atoms with Crippen molar-refractivity contribution < 1.29 is 4.79 Å². The smallest absolute Gasteiger partial charge is 0.223 e. The van der Waals surface area contributed by atoms with E-state index in [1.54, 1.807) is 0 Å². The normalized spacial score (nSPS) is 17.3. The predicted molar refractivity (Wildman–Crippen MR) is 60.4 cm³/mol. The zero-order chi connectivity index (χ0) is 9.52. The molecule has 0 radical (unpaired) electrons. The highest BCUT2D eigenvalue weighted by atomic mass is 127. The molecule has 4 heteroatoms. The van der Waals surface area contributed by atoms with E-state index in [1.807, 2.05) is 22.6 Å². The molecule has 72 valence electrons. The molecule has 0 spiro atoms. The molecule has 13 heavy (non-hydrogen) atoms. The monoisotopic (exact) mass is 292 g/mol. The van der Waals surface area contributed by atoms with Crippen LogP contribution in [0.2, 0.25) is 0 Å². The van der Waals surface area contributed by atoms with E-state index in [9.17, 15) is 4.79 Å². The van der Waals surface area contributed by atoms with Gasteiger partial charge in [0.15, 0.2) is 0 Å². The fourth-order valence-corrected chi connectivity index (χ4v) is 1.58. The van der Waals surface area contributed by atoms with Crippen LogP contribution >= 0.6 is 22.6 Å². The molecule has 1 aliphatic heterocycles. The number of rotatable bonds is 2. The highest BCUT2D eigenvalue weighted by Crippen LogP contribution is 2.10. The minimum absolute atomic E-state index is 0.153. The molecule has 1 heterocycles. The molecule has 0 aromatic rings. The summed E-state index contributed by atoms with van der Waals surface area (Å²) in [5, 5.41) is 6.04. The Kier molecular flexibility index (Phi) is 5.16. The molecule has 0 aliphatic carbocycles. The van der Waals surface area contributed by atoms with E-state index < -0.39 is 0 Å². The first-order valence-electron chi connectivity index (χ1n) is 4.41. The van der Waals surface area contributed by atoms with Crippen LogP contribution in [0, 0.1) is 15.8 Å². The van der Waals surface area contributed by atoms with Gasteiger partial charge in [-0.15, -0.1) is 0 Å². The fourth-order valence-electron chi connectivity index (χ4n) is 1.39. The van der Waals surface area contributed by atoms with Crippen LogP contribution in [0.3, 0.4) is 0 Å². The van der Waals surface area contributed by atoms with E-state index in [1.165, 1.54) is 0 Å². The van der Waals surface area contributed by atoms with Gasteiger partial charge < -0.3 is 10.6 Å². The lowest BCUT2D eigenvalue weighted by atomic mass is 9.97. The third-order valence-corrected chi connectivity index (χ3v) is 2.51. The first-order valence-corrected chi connectivity index (χ1v) is 5.49. The molecule has 1 amide bonds. The lowest BCUT2D eigenvalue weighted by Gasteiger charge is -2.21. The van der Waals surface area contributed by atoms with Gasteiger partial charge in [-0.05, 0) is 29.9 Å². The Morgan fingerprint density at radius 1 is 1.54 bits per heavy atom. The summed E-state index contributed by atoms with van der Waals surface area (Å²) in [6, 6.07) is 0. The number of hydrogen-bond donors (Lipinski definition) is 2. The van der Waals surface area contributed by atoms with Crippen LogP contribution in [0.25, 0.3) is 0 Å². The summed E-state index contributed by atoms with van der Waals surface area (Å²) in [7, 11) is 0. The molecular formula is C9H13IN2O. The number of piperidine rings is 1. The van der Waals surface area contributed by atoms with Crippen molar-refractivity contribution in [2.75, 3.05) is 19.6 Å². The Hall–Kier alpha value is -0.280. The van der Waals surface area contributed by atoms with Crippen LogP contribution < -0.4 is 10.6 Å². The van der Waals surface area contributed by atoms with Crippen molar-refractivity contribution in [3.05, 3.63) is 0 Å². The SMILES string of the molecule is O=C(NCC#CI)C1CCNCC1. The van der Waals surface area contributed by atoms with E-state index in [0.717, 1.165) is 25.9 Å². The van der Waals surface area contributed by atoms with Crippen molar-refractivity contribution >= 4 is 28.5 Å². The second kappa shape index (κ2) is 6.22. The molecule has 1 fully saturated rings.